The summed E-state index contributed by atoms with van der Waals surface area (Å²) in [5, 5.41) is 4.67. The third kappa shape index (κ3) is 3.82. The summed E-state index contributed by atoms with van der Waals surface area (Å²) >= 11 is 0. The molecule has 0 radical (unpaired) electrons. The van der Waals surface area contributed by atoms with E-state index in [-0.39, 0.29) is 12.1 Å². The Kier molecular flexibility index (Phi) is 5.60. The predicted octanol–water partition coefficient (Wildman–Crippen LogP) is 3.77. The van der Waals surface area contributed by atoms with Crippen molar-refractivity contribution in [3.63, 3.8) is 0 Å². The molecule has 0 aliphatic heterocycles. The zero-order valence-corrected chi connectivity index (χ0v) is 15.7. The number of ether oxygens (including phenoxy) is 1. The van der Waals surface area contributed by atoms with E-state index in [0.717, 1.165) is 28.5 Å². The Balaban J connectivity index is 1.81. The number of amides is 1. The summed E-state index contributed by atoms with van der Waals surface area (Å²) in [6.07, 6.45) is 0. The second-order valence-corrected chi connectivity index (χ2v) is 7.90. The van der Waals surface area contributed by atoms with Gasteiger partial charge in [-0.1, -0.05) is 30.3 Å². The monoisotopic (exact) mass is 405 g/mol. The molecule has 0 heterocycles. The fraction of sp³-hybridized carbons (Fsp3) is 0.150. The van der Waals surface area contributed by atoms with Crippen LogP contribution in [0, 0.1) is 0 Å². The van der Waals surface area contributed by atoms with E-state index in [9.17, 15) is 22.0 Å². The maximum Gasteiger partial charge on any atom is 0.341 e. The lowest BCUT2D eigenvalue weighted by Gasteiger charge is -2.13. The Labute approximate surface area is 160 Å². The Hall–Kier alpha value is -3.00. The summed E-state index contributed by atoms with van der Waals surface area (Å²) in [6, 6.07) is 15.8. The van der Waals surface area contributed by atoms with E-state index >= 15 is 0 Å². The second kappa shape index (κ2) is 7.93. The molecule has 3 rings (SSSR count). The van der Waals surface area contributed by atoms with E-state index in [0.29, 0.717) is 5.75 Å². The van der Waals surface area contributed by atoms with Crippen LogP contribution in [0.25, 0.3) is 10.8 Å². The van der Waals surface area contributed by atoms with Gasteiger partial charge in [0.2, 0.25) is 9.84 Å². The topological polar surface area (TPSA) is 72.5 Å². The Bertz CT molecular complexity index is 1110. The van der Waals surface area contributed by atoms with Crippen molar-refractivity contribution in [1.29, 1.82) is 0 Å². The van der Waals surface area contributed by atoms with Gasteiger partial charge in [-0.05, 0) is 41.1 Å². The molecule has 0 fully saturated rings. The smallest absolute Gasteiger partial charge is 0.341 e. The van der Waals surface area contributed by atoms with Crippen LogP contribution < -0.4 is 10.1 Å². The van der Waals surface area contributed by atoms with Gasteiger partial charge in [-0.15, -0.1) is 0 Å². The number of carbonyl (C=O) groups excluding carboxylic acids is 1. The van der Waals surface area contributed by atoms with Gasteiger partial charge in [0.25, 0.3) is 5.91 Å². The van der Waals surface area contributed by atoms with Gasteiger partial charge in [0.05, 0.1) is 12.0 Å². The van der Waals surface area contributed by atoms with Gasteiger partial charge in [0, 0.05) is 17.7 Å². The Morgan fingerprint density at radius 2 is 1.71 bits per heavy atom. The number of hydrogen-bond acceptors (Lipinski definition) is 4. The molecule has 0 aromatic heterocycles. The second-order valence-electron chi connectivity index (χ2n) is 5.98. The van der Waals surface area contributed by atoms with E-state index < -0.39 is 26.4 Å². The van der Waals surface area contributed by atoms with Crippen LogP contribution in [-0.4, -0.2) is 27.2 Å². The molecule has 0 unspecified atom stereocenters. The van der Waals surface area contributed by atoms with Gasteiger partial charge >= 0.3 is 5.76 Å². The van der Waals surface area contributed by atoms with Gasteiger partial charge in [-0.3, -0.25) is 4.79 Å². The minimum absolute atomic E-state index is 0.160. The summed E-state index contributed by atoms with van der Waals surface area (Å²) in [5.74, 6) is -3.35. The van der Waals surface area contributed by atoms with E-state index in [1.54, 1.807) is 0 Å². The quantitative estimate of drug-likeness (QED) is 0.678. The van der Waals surface area contributed by atoms with E-state index in [1.807, 2.05) is 36.4 Å². The molecule has 1 amide bonds. The molecule has 28 heavy (non-hydrogen) atoms. The number of methoxy groups -OCH3 is 1. The number of benzene rings is 3. The highest BCUT2D eigenvalue weighted by Gasteiger charge is 2.26. The number of sulfone groups is 1. The van der Waals surface area contributed by atoms with Crippen molar-refractivity contribution in [1.82, 2.24) is 5.32 Å². The number of halogens is 2. The average Bonchev–Trinajstić information content (AvgIpc) is 2.71. The fourth-order valence-corrected chi connectivity index (χ4v) is 3.58. The first-order valence-electron chi connectivity index (χ1n) is 8.29. The number of nitrogens with one attached hydrogen (secondary N) is 1. The fourth-order valence-electron chi connectivity index (χ4n) is 2.86. The number of hydrogen-bond donors (Lipinski definition) is 1. The van der Waals surface area contributed by atoms with Gasteiger partial charge in [-0.2, -0.15) is 8.78 Å². The number of carbonyl (C=O) groups is 1. The SMILES string of the molecule is COc1ccc2ccccc2c1CNC(=O)c1ccc(S(=O)(=O)C(F)F)cc1. The van der Waals surface area contributed by atoms with Crippen molar-refractivity contribution >= 4 is 26.5 Å². The molecule has 0 aliphatic carbocycles. The van der Waals surface area contributed by atoms with Crippen LogP contribution in [-0.2, 0) is 16.4 Å². The molecule has 3 aromatic rings. The van der Waals surface area contributed by atoms with Gasteiger partial charge in [0.15, 0.2) is 0 Å². The molecular formula is C20H17F2NO4S. The van der Waals surface area contributed by atoms with E-state index in [4.69, 9.17) is 4.74 Å². The Morgan fingerprint density at radius 1 is 1.04 bits per heavy atom. The average molecular weight is 405 g/mol. The van der Waals surface area contributed by atoms with Crippen LogP contribution in [0.15, 0.2) is 65.6 Å². The molecular weight excluding hydrogens is 388 g/mol. The molecule has 0 bridgehead atoms. The van der Waals surface area contributed by atoms with Crippen LogP contribution in [0.3, 0.4) is 0 Å². The molecule has 0 aliphatic rings. The lowest BCUT2D eigenvalue weighted by molar-refractivity contribution is 0.0950. The molecule has 0 atom stereocenters. The molecule has 8 heteroatoms. The Morgan fingerprint density at radius 3 is 2.36 bits per heavy atom. The standard InChI is InChI=1S/C20H17F2NO4S/c1-27-18-11-8-13-4-2-3-5-16(13)17(18)12-23-19(24)14-6-9-15(10-7-14)28(25,26)20(21)22/h2-11,20H,12H2,1H3,(H,23,24). The highest BCUT2D eigenvalue weighted by molar-refractivity contribution is 7.91. The lowest BCUT2D eigenvalue weighted by atomic mass is 10.0. The third-order valence-corrected chi connectivity index (χ3v) is 5.72. The highest BCUT2D eigenvalue weighted by atomic mass is 32.2. The van der Waals surface area contributed by atoms with Crippen LogP contribution >= 0.6 is 0 Å². The van der Waals surface area contributed by atoms with Crippen molar-refractivity contribution in [3.05, 3.63) is 71.8 Å². The van der Waals surface area contributed by atoms with E-state index in [1.165, 1.54) is 19.2 Å². The molecule has 0 saturated heterocycles. The normalized spacial score (nSPS) is 11.6. The van der Waals surface area contributed by atoms with Crippen LogP contribution in [0.1, 0.15) is 15.9 Å². The number of alkyl halides is 2. The van der Waals surface area contributed by atoms with Crippen LogP contribution in [0.2, 0.25) is 0 Å². The zero-order chi connectivity index (χ0) is 20.3. The summed E-state index contributed by atoms with van der Waals surface area (Å²) < 4.78 is 53.5. The number of fused-ring (bicyclic) bond motifs is 1. The van der Waals surface area contributed by atoms with Crippen LogP contribution in [0.4, 0.5) is 8.78 Å². The first kappa shape index (κ1) is 19.8. The van der Waals surface area contributed by atoms with Gasteiger partial charge < -0.3 is 10.1 Å². The summed E-state index contributed by atoms with van der Waals surface area (Å²) in [5.41, 5.74) is 0.957. The molecule has 146 valence electrons. The molecule has 5 nitrogen and oxygen atoms in total. The summed E-state index contributed by atoms with van der Waals surface area (Å²) in [7, 11) is -3.15. The van der Waals surface area contributed by atoms with Crippen molar-refractivity contribution in [2.45, 2.75) is 17.2 Å². The molecule has 0 saturated carbocycles. The largest absolute Gasteiger partial charge is 0.496 e. The summed E-state index contributed by atoms with van der Waals surface area (Å²) in [6.45, 7) is 0.181. The van der Waals surface area contributed by atoms with Crippen molar-refractivity contribution in [3.8, 4) is 5.75 Å². The van der Waals surface area contributed by atoms with Crippen molar-refractivity contribution < 1.29 is 26.7 Å². The van der Waals surface area contributed by atoms with Crippen LogP contribution in [0.5, 0.6) is 5.75 Å². The van der Waals surface area contributed by atoms with Gasteiger partial charge in [0.1, 0.15) is 5.75 Å². The highest BCUT2D eigenvalue weighted by Crippen LogP contribution is 2.28. The van der Waals surface area contributed by atoms with E-state index in [2.05, 4.69) is 5.32 Å². The predicted molar refractivity (Wildman–Crippen MR) is 101 cm³/mol. The van der Waals surface area contributed by atoms with Crippen molar-refractivity contribution in [2.24, 2.45) is 0 Å². The summed E-state index contributed by atoms with van der Waals surface area (Å²) in [4.78, 5) is 11.9. The van der Waals surface area contributed by atoms with Gasteiger partial charge in [-0.25, -0.2) is 8.42 Å². The maximum absolute atomic E-state index is 12.6. The van der Waals surface area contributed by atoms with Crippen molar-refractivity contribution in [2.75, 3.05) is 7.11 Å². The number of rotatable bonds is 6. The molecule has 3 aromatic carbocycles. The zero-order valence-electron chi connectivity index (χ0n) is 14.9. The molecule has 0 spiro atoms. The minimum atomic E-state index is -4.69. The lowest BCUT2D eigenvalue weighted by Crippen LogP contribution is -2.23. The maximum atomic E-state index is 12.6. The third-order valence-electron chi connectivity index (χ3n) is 4.32. The first-order chi connectivity index (χ1) is 13.3. The first-order valence-corrected chi connectivity index (χ1v) is 9.84. The molecule has 1 N–H and O–H groups in total. The minimum Gasteiger partial charge on any atom is -0.496 e.